The van der Waals surface area contributed by atoms with Crippen LogP contribution >= 0.6 is 11.3 Å². The second-order valence-electron chi connectivity index (χ2n) is 6.87. The Hall–Kier alpha value is -1.96. The number of hydrogen-bond acceptors (Lipinski definition) is 4. The van der Waals surface area contributed by atoms with Crippen molar-refractivity contribution in [2.24, 2.45) is 0 Å². The van der Waals surface area contributed by atoms with Gasteiger partial charge in [0.25, 0.3) is 0 Å². The van der Waals surface area contributed by atoms with Gasteiger partial charge in [-0.3, -0.25) is 4.68 Å². The van der Waals surface area contributed by atoms with Crippen LogP contribution in [-0.4, -0.2) is 24.7 Å². The molecular formula is C20H23N3O2S2. The van der Waals surface area contributed by atoms with Gasteiger partial charge in [-0.05, 0) is 36.3 Å². The normalized spacial score (nSPS) is 15.4. The minimum absolute atomic E-state index is 0.282. The van der Waals surface area contributed by atoms with Crippen LogP contribution in [0.3, 0.4) is 0 Å². The highest BCUT2D eigenvalue weighted by Crippen LogP contribution is 2.34. The molecule has 0 aliphatic heterocycles. The van der Waals surface area contributed by atoms with E-state index < -0.39 is 10.0 Å². The Balaban J connectivity index is 1.58. The number of rotatable bonds is 7. The Morgan fingerprint density at radius 1 is 1.11 bits per heavy atom. The van der Waals surface area contributed by atoms with Gasteiger partial charge in [0.2, 0.25) is 10.0 Å². The van der Waals surface area contributed by atoms with E-state index in [-0.39, 0.29) is 4.90 Å². The summed E-state index contributed by atoms with van der Waals surface area (Å²) in [6, 6.07) is 14.0. The molecule has 0 radical (unpaired) electrons. The zero-order valence-corrected chi connectivity index (χ0v) is 16.7. The molecule has 0 atom stereocenters. The Morgan fingerprint density at radius 3 is 2.59 bits per heavy atom. The fraction of sp³-hybridized carbons (Fsp3) is 0.350. The number of nitrogens with one attached hydrogen (secondary N) is 1. The number of nitrogens with zero attached hydrogens (tertiary/aromatic N) is 2. The van der Waals surface area contributed by atoms with Gasteiger partial charge in [-0.2, -0.15) is 5.10 Å². The van der Waals surface area contributed by atoms with Crippen LogP contribution < -0.4 is 4.72 Å². The maximum absolute atomic E-state index is 13.0. The monoisotopic (exact) mass is 401 g/mol. The third-order valence-electron chi connectivity index (χ3n) is 4.99. The van der Waals surface area contributed by atoms with Crippen molar-refractivity contribution in [1.29, 1.82) is 0 Å². The summed E-state index contributed by atoms with van der Waals surface area (Å²) in [6.45, 7) is 0.366. The zero-order chi connectivity index (χ0) is 18.7. The minimum atomic E-state index is -3.62. The van der Waals surface area contributed by atoms with Crippen LogP contribution in [0.25, 0.3) is 10.6 Å². The lowest BCUT2D eigenvalue weighted by molar-refractivity contribution is 0.467. The Bertz CT molecular complexity index is 974. The predicted molar refractivity (Wildman–Crippen MR) is 108 cm³/mol. The van der Waals surface area contributed by atoms with E-state index in [2.05, 4.69) is 9.82 Å². The van der Waals surface area contributed by atoms with Gasteiger partial charge in [-0.1, -0.05) is 49.2 Å². The van der Waals surface area contributed by atoms with Gasteiger partial charge in [-0.25, -0.2) is 13.1 Å². The lowest BCUT2D eigenvalue weighted by atomic mass is 10.2. The van der Waals surface area contributed by atoms with E-state index >= 15 is 0 Å². The van der Waals surface area contributed by atoms with Crippen LogP contribution in [-0.2, 0) is 16.4 Å². The molecule has 2 aromatic heterocycles. The summed E-state index contributed by atoms with van der Waals surface area (Å²) in [6.07, 6.45) is 6.85. The van der Waals surface area contributed by atoms with Crippen LogP contribution in [0.1, 0.15) is 37.3 Å². The molecule has 0 amide bonds. The van der Waals surface area contributed by atoms with Gasteiger partial charge in [0.1, 0.15) is 10.6 Å². The van der Waals surface area contributed by atoms with E-state index in [0.717, 1.165) is 23.3 Å². The summed E-state index contributed by atoms with van der Waals surface area (Å²) >= 11 is 1.51. The molecule has 7 heteroatoms. The quantitative estimate of drug-likeness (QED) is 0.644. The highest BCUT2D eigenvalue weighted by atomic mass is 32.2. The lowest BCUT2D eigenvalue weighted by Crippen LogP contribution is -2.26. The second-order valence-corrected chi connectivity index (χ2v) is 9.55. The van der Waals surface area contributed by atoms with E-state index in [1.807, 2.05) is 52.5 Å². The van der Waals surface area contributed by atoms with Crippen molar-refractivity contribution in [3.63, 3.8) is 0 Å². The summed E-state index contributed by atoms with van der Waals surface area (Å²) in [5.41, 5.74) is 1.67. The smallest absolute Gasteiger partial charge is 0.244 e. The molecule has 0 spiro atoms. The highest BCUT2D eigenvalue weighted by Gasteiger charge is 2.27. The first kappa shape index (κ1) is 18.4. The standard InChI is InChI=1S/C20H23N3O2S2/c24-27(25,21-13-12-16-7-2-1-3-8-16)19-15-23(17-9-4-5-10-17)22-20(19)18-11-6-14-26-18/h1-3,6-8,11,14-15,17,21H,4-5,9-10,12-13H2. The van der Waals surface area contributed by atoms with Gasteiger partial charge >= 0.3 is 0 Å². The molecular weight excluding hydrogens is 378 g/mol. The third-order valence-corrected chi connectivity index (χ3v) is 7.33. The van der Waals surface area contributed by atoms with Gasteiger partial charge in [0.15, 0.2) is 0 Å². The van der Waals surface area contributed by atoms with Crippen molar-refractivity contribution in [2.45, 2.75) is 43.0 Å². The first-order valence-electron chi connectivity index (χ1n) is 9.30. The van der Waals surface area contributed by atoms with Crippen molar-refractivity contribution in [1.82, 2.24) is 14.5 Å². The Kier molecular flexibility index (Phi) is 5.43. The fourth-order valence-electron chi connectivity index (χ4n) is 3.56. The van der Waals surface area contributed by atoms with Crippen molar-refractivity contribution in [2.75, 3.05) is 6.54 Å². The predicted octanol–water partition coefficient (Wildman–Crippen LogP) is 4.25. The van der Waals surface area contributed by atoms with Gasteiger partial charge in [0.05, 0.1) is 10.9 Å². The molecule has 1 N–H and O–H groups in total. The number of benzene rings is 1. The zero-order valence-electron chi connectivity index (χ0n) is 15.0. The molecule has 0 unspecified atom stereocenters. The Labute approximate surface area is 164 Å². The van der Waals surface area contributed by atoms with Crippen LogP contribution in [0.4, 0.5) is 0 Å². The number of aromatic nitrogens is 2. The average Bonchev–Trinajstić information content (AvgIpc) is 3.42. The average molecular weight is 402 g/mol. The number of thiophene rings is 1. The molecule has 1 aromatic carbocycles. The third kappa shape index (κ3) is 4.15. The molecule has 0 saturated heterocycles. The summed E-state index contributed by atoms with van der Waals surface area (Å²) in [7, 11) is -3.62. The second kappa shape index (κ2) is 7.96. The van der Waals surface area contributed by atoms with E-state index in [9.17, 15) is 8.42 Å². The van der Waals surface area contributed by atoms with Gasteiger partial charge < -0.3 is 0 Å². The van der Waals surface area contributed by atoms with Crippen molar-refractivity contribution < 1.29 is 8.42 Å². The largest absolute Gasteiger partial charge is 0.268 e. The summed E-state index contributed by atoms with van der Waals surface area (Å²) in [5, 5.41) is 6.62. The van der Waals surface area contributed by atoms with E-state index in [1.54, 1.807) is 6.20 Å². The molecule has 27 heavy (non-hydrogen) atoms. The fourth-order valence-corrected chi connectivity index (χ4v) is 5.53. The van der Waals surface area contributed by atoms with Crippen molar-refractivity contribution in [3.8, 4) is 10.6 Å². The highest BCUT2D eigenvalue weighted by molar-refractivity contribution is 7.89. The summed E-state index contributed by atoms with van der Waals surface area (Å²) < 4.78 is 30.6. The Morgan fingerprint density at radius 2 is 1.89 bits per heavy atom. The first-order chi connectivity index (χ1) is 13.1. The van der Waals surface area contributed by atoms with Crippen LogP contribution in [0.5, 0.6) is 0 Å². The SMILES string of the molecule is O=S(=O)(NCCc1ccccc1)c1cn(C2CCCC2)nc1-c1cccs1. The van der Waals surface area contributed by atoms with Crippen LogP contribution in [0, 0.1) is 0 Å². The topological polar surface area (TPSA) is 64.0 Å². The number of sulfonamides is 1. The molecule has 4 rings (SSSR count). The first-order valence-corrected chi connectivity index (χ1v) is 11.7. The van der Waals surface area contributed by atoms with E-state index in [4.69, 9.17) is 0 Å². The molecule has 2 heterocycles. The lowest BCUT2D eigenvalue weighted by Gasteiger charge is -2.08. The molecule has 1 aliphatic rings. The molecule has 1 fully saturated rings. The molecule has 5 nitrogen and oxygen atoms in total. The molecule has 3 aromatic rings. The summed E-state index contributed by atoms with van der Waals surface area (Å²) in [4.78, 5) is 1.17. The van der Waals surface area contributed by atoms with Crippen molar-refractivity contribution >= 4 is 21.4 Å². The molecule has 0 bridgehead atoms. The van der Waals surface area contributed by atoms with Crippen LogP contribution in [0.15, 0.2) is 58.9 Å². The van der Waals surface area contributed by atoms with Gasteiger partial charge in [0, 0.05) is 12.7 Å². The summed E-state index contributed by atoms with van der Waals surface area (Å²) in [5.74, 6) is 0. The number of hydrogen-bond donors (Lipinski definition) is 1. The van der Waals surface area contributed by atoms with E-state index in [1.165, 1.54) is 24.2 Å². The molecule has 1 saturated carbocycles. The van der Waals surface area contributed by atoms with Crippen molar-refractivity contribution in [3.05, 3.63) is 59.6 Å². The maximum Gasteiger partial charge on any atom is 0.244 e. The molecule has 1 aliphatic carbocycles. The van der Waals surface area contributed by atoms with E-state index in [0.29, 0.717) is 24.7 Å². The molecule has 142 valence electrons. The minimum Gasteiger partial charge on any atom is -0.268 e. The van der Waals surface area contributed by atoms with Crippen LogP contribution in [0.2, 0.25) is 0 Å². The van der Waals surface area contributed by atoms with Gasteiger partial charge in [-0.15, -0.1) is 11.3 Å². The maximum atomic E-state index is 13.0.